The van der Waals surface area contributed by atoms with Gasteiger partial charge in [-0.1, -0.05) is 33.3 Å². The van der Waals surface area contributed by atoms with Gasteiger partial charge in [-0.2, -0.15) is 0 Å². The largest absolute Gasteiger partial charge is 0.396 e. The molecule has 0 radical (unpaired) electrons. The third-order valence-corrected chi connectivity index (χ3v) is 8.32. The maximum Gasteiger partial charge on any atom is 0.0989 e. The van der Waals surface area contributed by atoms with E-state index in [-0.39, 0.29) is 16.4 Å². The molecule has 0 aromatic heterocycles. The number of ether oxygens (including phenoxy) is 1. The van der Waals surface area contributed by atoms with Gasteiger partial charge in [0, 0.05) is 6.61 Å². The van der Waals surface area contributed by atoms with Crippen molar-refractivity contribution in [2.75, 3.05) is 6.61 Å². The SMILES string of the molecule is C=CC1(C)CCC2C3(C)CCCC(C)(CO)C3CC3OC32C1. The molecule has 22 heavy (non-hydrogen) atoms. The van der Waals surface area contributed by atoms with Gasteiger partial charge in [0.1, 0.15) is 0 Å². The van der Waals surface area contributed by atoms with E-state index in [9.17, 15) is 5.11 Å². The number of allylic oxidation sites excluding steroid dienone is 1. The van der Waals surface area contributed by atoms with Gasteiger partial charge in [-0.05, 0) is 66.6 Å². The van der Waals surface area contributed by atoms with Crippen molar-refractivity contribution >= 4 is 0 Å². The lowest BCUT2D eigenvalue weighted by atomic mass is 9.43. The van der Waals surface area contributed by atoms with E-state index in [0.29, 0.717) is 30.0 Å². The number of hydrogen-bond donors (Lipinski definition) is 1. The highest BCUT2D eigenvalue weighted by atomic mass is 16.6. The monoisotopic (exact) mass is 304 g/mol. The number of fused-ring (bicyclic) bond motifs is 2. The molecular weight excluding hydrogens is 272 g/mol. The van der Waals surface area contributed by atoms with Gasteiger partial charge in [0.05, 0.1) is 11.7 Å². The van der Waals surface area contributed by atoms with E-state index in [0.717, 1.165) is 12.8 Å². The zero-order valence-corrected chi connectivity index (χ0v) is 14.5. The number of aliphatic hydroxyl groups is 1. The van der Waals surface area contributed by atoms with E-state index in [2.05, 4.69) is 33.4 Å². The van der Waals surface area contributed by atoms with Gasteiger partial charge in [-0.15, -0.1) is 6.58 Å². The third kappa shape index (κ3) is 1.74. The molecule has 2 heteroatoms. The summed E-state index contributed by atoms with van der Waals surface area (Å²) in [5, 5.41) is 10.1. The molecule has 0 bridgehead atoms. The minimum atomic E-state index is 0.101. The van der Waals surface area contributed by atoms with E-state index in [4.69, 9.17) is 4.74 Å². The van der Waals surface area contributed by atoms with Crippen LogP contribution in [0.4, 0.5) is 0 Å². The Hall–Kier alpha value is -0.340. The molecule has 1 spiro atoms. The third-order valence-electron chi connectivity index (χ3n) is 8.32. The molecule has 4 fully saturated rings. The van der Waals surface area contributed by atoms with E-state index >= 15 is 0 Å². The van der Waals surface area contributed by atoms with Gasteiger partial charge in [-0.3, -0.25) is 0 Å². The Bertz CT molecular complexity index is 502. The number of epoxide rings is 1. The Morgan fingerprint density at radius 1 is 1.18 bits per heavy atom. The van der Waals surface area contributed by atoms with Crippen LogP contribution >= 0.6 is 0 Å². The van der Waals surface area contributed by atoms with Crippen molar-refractivity contribution in [1.82, 2.24) is 0 Å². The first kappa shape index (κ1) is 15.2. The molecule has 124 valence electrons. The highest BCUT2D eigenvalue weighted by molar-refractivity contribution is 5.24. The minimum Gasteiger partial charge on any atom is -0.396 e. The molecule has 7 atom stereocenters. The molecule has 2 nitrogen and oxygen atoms in total. The Labute approximate surface area is 135 Å². The average molecular weight is 304 g/mol. The predicted octanol–water partition coefficient (Wildman–Crippen LogP) is 4.33. The average Bonchev–Trinajstić information content (AvgIpc) is 3.17. The van der Waals surface area contributed by atoms with Gasteiger partial charge >= 0.3 is 0 Å². The second-order valence-electron chi connectivity index (χ2n) is 9.65. The Morgan fingerprint density at radius 3 is 2.64 bits per heavy atom. The Balaban J connectivity index is 1.70. The second kappa shape index (κ2) is 4.39. The Kier molecular flexibility index (Phi) is 3.03. The summed E-state index contributed by atoms with van der Waals surface area (Å²) in [7, 11) is 0. The van der Waals surface area contributed by atoms with Crippen LogP contribution in [0.15, 0.2) is 12.7 Å². The normalized spacial score (nSPS) is 59.9. The topological polar surface area (TPSA) is 32.8 Å². The smallest absolute Gasteiger partial charge is 0.0989 e. The molecule has 0 aromatic rings. The molecule has 4 rings (SSSR count). The summed E-state index contributed by atoms with van der Waals surface area (Å²) in [6.07, 6.45) is 11.2. The second-order valence-corrected chi connectivity index (χ2v) is 9.65. The van der Waals surface area contributed by atoms with Crippen molar-refractivity contribution in [3.05, 3.63) is 12.7 Å². The zero-order chi connectivity index (χ0) is 15.8. The van der Waals surface area contributed by atoms with Crippen LogP contribution in [0, 0.1) is 28.1 Å². The van der Waals surface area contributed by atoms with Crippen molar-refractivity contribution in [2.24, 2.45) is 28.1 Å². The van der Waals surface area contributed by atoms with Gasteiger partial charge in [-0.25, -0.2) is 0 Å². The van der Waals surface area contributed by atoms with Crippen LogP contribution in [-0.2, 0) is 4.74 Å². The van der Waals surface area contributed by atoms with Crippen molar-refractivity contribution in [3.63, 3.8) is 0 Å². The summed E-state index contributed by atoms with van der Waals surface area (Å²) < 4.78 is 6.43. The first-order valence-corrected chi connectivity index (χ1v) is 9.24. The molecule has 3 saturated carbocycles. The van der Waals surface area contributed by atoms with Crippen LogP contribution < -0.4 is 0 Å². The predicted molar refractivity (Wildman–Crippen MR) is 88.5 cm³/mol. The summed E-state index contributed by atoms with van der Waals surface area (Å²) in [5.74, 6) is 1.31. The molecule has 7 unspecified atom stereocenters. The van der Waals surface area contributed by atoms with E-state index in [1.54, 1.807) is 0 Å². The first-order valence-electron chi connectivity index (χ1n) is 9.24. The van der Waals surface area contributed by atoms with Crippen LogP contribution in [0.25, 0.3) is 0 Å². The van der Waals surface area contributed by atoms with Crippen molar-refractivity contribution < 1.29 is 9.84 Å². The number of aliphatic hydroxyl groups excluding tert-OH is 1. The molecule has 0 amide bonds. The molecule has 3 aliphatic carbocycles. The van der Waals surface area contributed by atoms with E-state index in [1.807, 2.05) is 0 Å². The molecule has 0 aromatic carbocycles. The van der Waals surface area contributed by atoms with Crippen molar-refractivity contribution in [2.45, 2.75) is 77.4 Å². The summed E-state index contributed by atoms with van der Waals surface area (Å²) in [6, 6.07) is 0. The summed E-state index contributed by atoms with van der Waals surface area (Å²) in [6.45, 7) is 11.6. The maximum absolute atomic E-state index is 10.1. The van der Waals surface area contributed by atoms with E-state index in [1.165, 1.54) is 32.1 Å². The van der Waals surface area contributed by atoms with Gasteiger partial charge in [0.2, 0.25) is 0 Å². The highest BCUT2D eigenvalue weighted by Crippen LogP contribution is 2.72. The summed E-state index contributed by atoms with van der Waals surface area (Å²) in [4.78, 5) is 0. The zero-order valence-electron chi connectivity index (χ0n) is 14.5. The number of rotatable bonds is 2. The maximum atomic E-state index is 10.1. The fraction of sp³-hybridized carbons (Fsp3) is 0.900. The fourth-order valence-corrected chi connectivity index (χ4v) is 6.96. The molecular formula is C20H32O2. The first-order chi connectivity index (χ1) is 10.3. The van der Waals surface area contributed by atoms with Crippen molar-refractivity contribution in [3.8, 4) is 0 Å². The van der Waals surface area contributed by atoms with Crippen LogP contribution in [0.1, 0.15) is 65.7 Å². The fourth-order valence-electron chi connectivity index (χ4n) is 6.96. The lowest BCUT2D eigenvalue weighted by molar-refractivity contribution is -0.122. The van der Waals surface area contributed by atoms with Gasteiger partial charge in [0.25, 0.3) is 0 Å². The van der Waals surface area contributed by atoms with Crippen LogP contribution in [-0.4, -0.2) is 23.4 Å². The van der Waals surface area contributed by atoms with Crippen molar-refractivity contribution in [1.29, 1.82) is 0 Å². The van der Waals surface area contributed by atoms with E-state index < -0.39 is 0 Å². The van der Waals surface area contributed by atoms with Crippen LogP contribution in [0.3, 0.4) is 0 Å². The molecule has 1 saturated heterocycles. The standard InChI is InChI=1S/C20H32O2/c1-5-17(2)10-7-14-19(4)9-6-8-18(3,13-21)15(19)11-16-20(14,12-17)22-16/h5,14-16,21H,1,6-13H2,2-4H3. The number of hydrogen-bond acceptors (Lipinski definition) is 2. The summed E-state index contributed by atoms with van der Waals surface area (Å²) in [5.41, 5.74) is 0.846. The molecule has 1 heterocycles. The molecule has 1 N–H and O–H groups in total. The van der Waals surface area contributed by atoms with Crippen LogP contribution in [0.5, 0.6) is 0 Å². The lowest BCUT2D eigenvalue weighted by Gasteiger charge is -2.60. The lowest BCUT2D eigenvalue weighted by Crippen LogP contribution is -2.58. The summed E-state index contributed by atoms with van der Waals surface area (Å²) >= 11 is 0. The van der Waals surface area contributed by atoms with Gasteiger partial charge in [0.15, 0.2) is 0 Å². The molecule has 1 aliphatic heterocycles. The molecule has 4 aliphatic rings. The quantitative estimate of drug-likeness (QED) is 0.608. The van der Waals surface area contributed by atoms with Crippen LogP contribution in [0.2, 0.25) is 0 Å². The van der Waals surface area contributed by atoms with Gasteiger partial charge < -0.3 is 9.84 Å². The highest BCUT2D eigenvalue weighted by Gasteiger charge is 2.74. The minimum absolute atomic E-state index is 0.101. The Morgan fingerprint density at radius 2 is 1.95 bits per heavy atom.